The molecule has 1 fully saturated rings. The van der Waals surface area contributed by atoms with Gasteiger partial charge in [-0.3, -0.25) is 9.78 Å². The Morgan fingerprint density at radius 2 is 1.83 bits per heavy atom. The van der Waals surface area contributed by atoms with Crippen LogP contribution in [0.15, 0.2) is 73.2 Å². The molecule has 0 atom stereocenters. The summed E-state index contributed by atoms with van der Waals surface area (Å²) in [6.45, 7) is 0.439. The zero-order valence-corrected chi connectivity index (χ0v) is 16.4. The van der Waals surface area contributed by atoms with Crippen LogP contribution in [0.2, 0.25) is 0 Å². The Labute approximate surface area is 174 Å². The number of nitrogens with zero attached hydrogens (tertiary/aromatic N) is 3. The van der Waals surface area contributed by atoms with E-state index in [1.165, 1.54) is 12.8 Å². The normalized spacial score (nSPS) is 13.2. The van der Waals surface area contributed by atoms with Crippen LogP contribution < -0.4 is 10.6 Å². The van der Waals surface area contributed by atoms with Crippen molar-refractivity contribution in [3.05, 3.63) is 84.4 Å². The van der Waals surface area contributed by atoms with Crippen LogP contribution in [0.4, 0.5) is 5.82 Å². The summed E-state index contributed by atoms with van der Waals surface area (Å²) in [6, 6.07) is 20.2. The van der Waals surface area contributed by atoms with Crippen molar-refractivity contribution < 1.29 is 4.79 Å². The topological polar surface area (TPSA) is 79.8 Å². The zero-order valence-electron chi connectivity index (χ0n) is 16.4. The van der Waals surface area contributed by atoms with Crippen molar-refractivity contribution in [2.24, 2.45) is 0 Å². The van der Waals surface area contributed by atoms with Crippen LogP contribution in [0, 0.1) is 0 Å². The van der Waals surface area contributed by atoms with Gasteiger partial charge in [0.1, 0.15) is 17.8 Å². The number of hydrogen-bond donors (Lipinski definition) is 2. The quantitative estimate of drug-likeness (QED) is 0.512. The predicted octanol–water partition coefficient (Wildman–Crippen LogP) is 4.20. The summed E-state index contributed by atoms with van der Waals surface area (Å²) in [5.74, 6) is 0.711. The Balaban J connectivity index is 1.38. The smallest absolute Gasteiger partial charge is 0.270 e. The fourth-order valence-electron chi connectivity index (χ4n) is 3.40. The molecule has 2 heterocycles. The first-order valence-corrected chi connectivity index (χ1v) is 10.1. The van der Waals surface area contributed by atoms with Crippen molar-refractivity contribution >= 4 is 22.6 Å². The summed E-state index contributed by atoms with van der Waals surface area (Å²) < 4.78 is 0. The van der Waals surface area contributed by atoms with E-state index >= 15 is 0 Å². The zero-order chi connectivity index (χ0) is 20.3. The van der Waals surface area contributed by atoms with Gasteiger partial charge in [-0.05, 0) is 59.9 Å². The van der Waals surface area contributed by atoms with Gasteiger partial charge in [0.15, 0.2) is 0 Å². The fourth-order valence-corrected chi connectivity index (χ4v) is 3.40. The van der Waals surface area contributed by atoms with Gasteiger partial charge in [0.25, 0.3) is 5.91 Å². The molecular weight excluding hydrogens is 374 g/mol. The van der Waals surface area contributed by atoms with Crippen molar-refractivity contribution in [3.8, 4) is 11.1 Å². The molecule has 1 amide bonds. The molecule has 1 aliphatic rings. The SMILES string of the molecule is O=C(NCc1cccc(-c2ccc3ncnc(NC4CC4)c3c2)c1)c1ccccn1. The van der Waals surface area contributed by atoms with Crippen molar-refractivity contribution in [3.63, 3.8) is 0 Å². The largest absolute Gasteiger partial charge is 0.367 e. The highest BCUT2D eigenvalue weighted by Crippen LogP contribution is 2.30. The molecule has 0 unspecified atom stereocenters. The molecule has 0 bridgehead atoms. The maximum Gasteiger partial charge on any atom is 0.270 e. The fraction of sp³-hybridized carbons (Fsp3) is 0.167. The summed E-state index contributed by atoms with van der Waals surface area (Å²) in [5.41, 5.74) is 4.55. The standard InChI is InChI=1S/C24H21N5O/c30-24(22-6-1-2-11-25-22)26-14-16-4-3-5-17(12-16)18-7-10-21-20(13-18)23(28-15-27-21)29-19-8-9-19/h1-7,10-13,15,19H,8-9,14H2,(H,26,30)(H,27,28,29). The minimum absolute atomic E-state index is 0.181. The van der Waals surface area contributed by atoms with E-state index < -0.39 is 0 Å². The maximum absolute atomic E-state index is 12.3. The van der Waals surface area contributed by atoms with E-state index in [0.29, 0.717) is 18.3 Å². The molecule has 0 aliphatic heterocycles. The molecule has 2 N–H and O–H groups in total. The molecule has 0 saturated heterocycles. The van der Waals surface area contributed by atoms with Crippen LogP contribution >= 0.6 is 0 Å². The lowest BCUT2D eigenvalue weighted by molar-refractivity contribution is 0.0946. The number of rotatable bonds is 6. The van der Waals surface area contributed by atoms with Crippen molar-refractivity contribution in [1.29, 1.82) is 0 Å². The lowest BCUT2D eigenvalue weighted by atomic mass is 10.0. The molecule has 2 aromatic heterocycles. The minimum Gasteiger partial charge on any atom is -0.367 e. The van der Waals surface area contributed by atoms with Gasteiger partial charge in [0, 0.05) is 24.2 Å². The first kappa shape index (κ1) is 18.2. The average Bonchev–Trinajstić information content (AvgIpc) is 3.62. The third-order valence-electron chi connectivity index (χ3n) is 5.16. The molecule has 5 rings (SSSR count). The summed E-state index contributed by atoms with van der Waals surface area (Å²) in [5, 5.41) is 7.45. The molecular formula is C24H21N5O. The van der Waals surface area contributed by atoms with E-state index in [4.69, 9.17) is 0 Å². The number of carbonyl (C=O) groups excluding carboxylic acids is 1. The summed E-state index contributed by atoms with van der Waals surface area (Å²) in [4.78, 5) is 25.2. The van der Waals surface area contributed by atoms with E-state index in [1.807, 2.05) is 18.2 Å². The Morgan fingerprint density at radius 1 is 0.933 bits per heavy atom. The number of pyridine rings is 1. The third-order valence-corrected chi connectivity index (χ3v) is 5.16. The first-order chi connectivity index (χ1) is 14.8. The average molecular weight is 395 g/mol. The molecule has 6 heteroatoms. The second-order valence-corrected chi connectivity index (χ2v) is 7.47. The Morgan fingerprint density at radius 3 is 2.67 bits per heavy atom. The van der Waals surface area contributed by atoms with Gasteiger partial charge in [-0.25, -0.2) is 9.97 Å². The van der Waals surface area contributed by atoms with Gasteiger partial charge in [-0.1, -0.05) is 30.3 Å². The number of anilines is 1. The summed E-state index contributed by atoms with van der Waals surface area (Å²) in [6.07, 6.45) is 5.61. The van der Waals surface area contributed by atoms with Gasteiger partial charge in [-0.15, -0.1) is 0 Å². The van der Waals surface area contributed by atoms with E-state index in [-0.39, 0.29) is 5.91 Å². The third kappa shape index (κ3) is 3.98. The molecule has 0 radical (unpaired) electrons. The van der Waals surface area contributed by atoms with Crippen LogP contribution in [0.25, 0.3) is 22.0 Å². The van der Waals surface area contributed by atoms with Crippen molar-refractivity contribution in [2.45, 2.75) is 25.4 Å². The Hall–Kier alpha value is -3.80. The van der Waals surface area contributed by atoms with Gasteiger partial charge in [0.05, 0.1) is 5.52 Å². The van der Waals surface area contributed by atoms with Gasteiger partial charge in [0.2, 0.25) is 0 Å². The highest BCUT2D eigenvalue weighted by Gasteiger charge is 2.22. The predicted molar refractivity (Wildman–Crippen MR) is 117 cm³/mol. The minimum atomic E-state index is -0.181. The number of aromatic nitrogens is 3. The molecule has 1 aliphatic carbocycles. The summed E-state index contributed by atoms with van der Waals surface area (Å²) in [7, 11) is 0. The van der Waals surface area contributed by atoms with Crippen LogP contribution in [-0.4, -0.2) is 26.9 Å². The second kappa shape index (κ2) is 7.91. The molecule has 6 nitrogen and oxygen atoms in total. The Kier molecular flexibility index (Phi) is 4.81. The van der Waals surface area contributed by atoms with E-state index in [2.05, 4.69) is 49.9 Å². The van der Waals surface area contributed by atoms with E-state index in [1.54, 1.807) is 30.7 Å². The van der Waals surface area contributed by atoms with Crippen LogP contribution in [-0.2, 0) is 6.54 Å². The number of amides is 1. The van der Waals surface area contributed by atoms with Gasteiger partial charge >= 0.3 is 0 Å². The Bertz CT molecular complexity index is 1200. The van der Waals surface area contributed by atoms with E-state index in [0.717, 1.165) is 33.4 Å². The van der Waals surface area contributed by atoms with Gasteiger partial charge in [-0.2, -0.15) is 0 Å². The molecule has 4 aromatic rings. The number of nitrogens with one attached hydrogen (secondary N) is 2. The summed E-state index contributed by atoms with van der Waals surface area (Å²) >= 11 is 0. The van der Waals surface area contributed by atoms with Crippen molar-refractivity contribution in [1.82, 2.24) is 20.3 Å². The molecule has 0 spiro atoms. The number of hydrogen-bond acceptors (Lipinski definition) is 5. The maximum atomic E-state index is 12.3. The monoisotopic (exact) mass is 395 g/mol. The van der Waals surface area contributed by atoms with Crippen LogP contribution in [0.5, 0.6) is 0 Å². The van der Waals surface area contributed by atoms with Crippen molar-refractivity contribution in [2.75, 3.05) is 5.32 Å². The van der Waals surface area contributed by atoms with Gasteiger partial charge < -0.3 is 10.6 Å². The lowest BCUT2D eigenvalue weighted by Gasteiger charge is -2.10. The van der Waals surface area contributed by atoms with Crippen LogP contribution in [0.1, 0.15) is 28.9 Å². The lowest BCUT2D eigenvalue weighted by Crippen LogP contribution is -2.23. The molecule has 30 heavy (non-hydrogen) atoms. The number of fused-ring (bicyclic) bond motifs is 1. The highest BCUT2D eigenvalue weighted by molar-refractivity contribution is 5.93. The van der Waals surface area contributed by atoms with Crippen LogP contribution in [0.3, 0.4) is 0 Å². The van der Waals surface area contributed by atoms with E-state index in [9.17, 15) is 4.79 Å². The number of carbonyl (C=O) groups is 1. The molecule has 1 saturated carbocycles. The number of benzene rings is 2. The molecule has 148 valence electrons. The molecule has 2 aromatic carbocycles. The second-order valence-electron chi connectivity index (χ2n) is 7.47. The highest BCUT2D eigenvalue weighted by atomic mass is 16.1. The first-order valence-electron chi connectivity index (χ1n) is 10.1.